The van der Waals surface area contributed by atoms with Crippen molar-refractivity contribution in [1.82, 2.24) is 5.32 Å². The van der Waals surface area contributed by atoms with Gasteiger partial charge in [0.2, 0.25) is 0 Å². The van der Waals surface area contributed by atoms with Crippen molar-refractivity contribution in [3.05, 3.63) is 35.1 Å². The van der Waals surface area contributed by atoms with Crippen LogP contribution in [0.4, 0.5) is 4.39 Å². The standard InChI is InChI=1S/C14H22FNO/c1-10(2)8-16-14(4,9-17)12-6-5-11(3)13(15)7-12/h5-7,10,16-17H,8-9H2,1-4H3. The fourth-order valence-corrected chi connectivity index (χ4v) is 1.61. The molecule has 2 nitrogen and oxygen atoms in total. The van der Waals surface area contributed by atoms with Crippen molar-refractivity contribution >= 4 is 0 Å². The zero-order chi connectivity index (χ0) is 13.1. The first kappa shape index (κ1) is 14.1. The van der Waals surface area contributed by atoms with E-state index < -0.39 is 5.54 Å². The molecule has 0 fully saturated rings. The second-order valence-corrected chi connectivity index (χ2v) is 5.23. The number of hydrogen-bond acceptors (Lipinski definition) is 2. The maximum atomic E-state index is 13.5. The van der Waals surface area contributed by atoms with Gasteiger partial charge in [-0.15, -0.1) is 0 Å². The van der Waals surface area contributed by atoms with Crippen molar-refractivity contribution in [3.63, 3.8) is 0 Å². The third-order valence-electron chi connectivity index (χ3n) is 3.03. The van der Waals surface area contributed by atoms with Crippen LogP contribution < -0.4 is 5.32 Å². The first-order valence-corrected chi connectivity index (χ1v) is 6.01. The largest absolute Gasteiger partial charge is 0.394 e. The Bertz CT molecular complexity index is 378. The molecule has 1 rings (SSSR count). The van der Waals surface area contributed by atoms with Crippen molar-refractivity contribution in [2.75, 3.05) is 13.2 Å². The molecule has 0 spiro atoms. The van der Waals surface area contributed by atoms with Crippen molar-refractivity contribution in [3.8, 4) is 0 Å². The van der Waals surface area contributed by atoms with E-state index in [1.807, 2.05) is 13.0 Å². The molecule has 2 N–H and O–H groups in total. The maximum absolute atomic E-state index is 13.5. The Kier molecular flexibility index (Phi) is 4.66. The minimum Gasteiger partial charge on any atom is -0.394 e. The molecule has 0 heterocycles. The Morgan fingerprint density at radius 2 is 2.06 bits per heavy atom. The predicted octanol–water partition coefficient (Wildman–Crippen LogP) is 2.59. The van der Waals surface area contributed by atoms with Crippen LogP contribution in [0.1, 0.15) is 31.9 Å². The Balaban J connectivity index is 2.94. The number of benzene rings is 1. The van der Waals surface area contributed by atoms with Gasteiger partial charge >= 0.3 is 0 Å². The molecule has 1 aromatic rings. The molecule has 0 saturated carbocycles. The van der Waals surface area contributed by atoms with Crippen LogP contribution in [0.3, 0.4) is 0 Å². The van der Waals surface area contributed by atoms with Crippen LogP contribution in [0.25, 0.3) is 0 Å². The van der Waals surface area contributed by atoms with Gasteiger partial charge in [0.05, 0.1) is 12.1 Å². The summed E-state index contributed by atoms with van der Waals surface area (Å²) >= 11 is 0. The van der Waals surface area contributed by atoms with E-state index in [0.717, 1.165) is 12.1 Å². The Hall–Kier alpha value is -0.930. The third kappa shape index (κ3) is 3.51. The van der Waals surface area contributed by atoms with Crippen molar-refractivity contribution in [2.45, 2.75) is 33.2 Å². The predicted molar refractivity (Wildman–Crippen MR) is 68.4 cm³/mol. The first-order chi connectivity index (χ1) is 7.89. The smallest absolute Gasteiger partial charge is 0.126 e. The lowest BCUT2D eigenvalue weighted by Crippen LogP contribution is -2.44. The summed E-state index contributed by atoms with van der Waals surface area (Å²) in [5.74, 6) is 0.254. The highest BCUT2D eigenvalue weighted by molar-refractivity contribution is 5.29. The zero-order valence-corrected chi connectivity index (χ0v) is 11.0. The Morgan fingerprint density at radius 1 is 1.41 bits per heavy atom. The average Bonchev–Trinajstić information content (AvgIpc) is 2.29. The quantitative estimate of drug-likeness (QED) is 0.827. The van der Waals surface area contributed by atoms with Crippen molar-refractivity contribution in [2.24, 2.45) is 5.92 Å². The molecule has 17 heavy (non-hydrogen) atoms. The highest BCUT2D eigenvalue weighted by Crippen LogP contribution is 2.22. The fraction of sp³-hybridized carbons (Fsp3) is 0.571. The van der Waals surface area contributed by atoms with Crippen LogP contribution >= 0.6 is 0 Å². The molecule has 1 aromatic carbocycles. The van der Waals surface area contributed by atoms with Gasteiger partial charge in [-0.05, 0) is 43.5 Å². The van der Waals surface area contributed by atoms with Gasteiger partial charge in [-0.3, -0.25) is 0 Å². The number of hydrogen-bond donors (Lipinski definition) is 2. The molecule has 0 aliphatic heterocycles. The highest BCUT2D eigenvalue weighted by atomic mass is 19.1. The van der Waals surface area contributed by atoms with Crippen LogP contribution in [0.15, 0.2) is 18.2 Å². The molecule has 0 saturated heterocycles. The SMILES string of the molecule is Cc1ccc(C(C)(CO)NCC(C)C)cc1F. The normalized spacial score (nSPS) is 15.0. The van der Waals surface area contributed by atoms with Gasteiger partial charge in [0.1, 0.15) is 5.82 Å². The monoisotopic (exact) mass is 239 g/mol. The summed E-state index contributed by atoms with van der Waals surface area (Å²) in [6, 6.07) is 5.11. The molecule has 1 atom stereocenters. The molecule has 3 heteroatoms. The lowest BCUT2D eigenvalue weighted by atomic mass is 9.91. The second kappa shape index (κ2) is 5.61. The molecule has 0 aromatic heterocycles. The van der Waals surface area contributed by atoms with Gasteiger partial charge in [-0.1, -0.05) is 26.0 Å². The van der Waals surface area contributed by atoms with Crippen LogP contribution in [-0.4, -0.2) is 18.3 Å². The molecular formula is C14H22FNO. The zero-order valence-electron chi connectivity index (χ0n) is 11.0. The Morgan fingerprint density at radius 3 is 2.53 bits per heavy atom. The number of rotatable bonds is 5. The summed E-state index contributed by atoms with van der Waals surface area (Å²) < 4.78 is 13.5. The summed E-state index contributed by atoms with van der Waals surface area (Å²) in [5.41, 5.74) is 0.820. The van der Waals surface area contributed by atoms with Gasteiger partial charge < -0.3 is 10.4 Å². The van der Waals surface area contributed by atoms with Gasteiger partial charge in [-0.2, -0.15) is 0 Å². The summed E-state index contributed by atoms with van der Waals surface area (Å²) in [5, 5.41) is 12.8. The molecule has 1 unspecified atom stereocenters. The minimum atomic E-state index is -0.585. The summed E-state index contributed by atoms with van der Waals surface area (Å²) in [6.07, 6.45) is 0. The highest BCUT2D eigenvalue weighted by Gasteiger charge is 2.25. The number of aliphatic hydroxyl groups excluding tert-OH is 1. The lowest BCUT2D eigenvalue weighted by molar-refractivity contribution is 0.171. The first-order valence-electron chi connectivity index (χ1n) is 6.01. The average molecular weight is 239 g/mol. The van der Waals surface area contributed by atoms with E-state index in [-0.39, 0.29) is 12.4 Å². The third-order valence-corrected chi connectivity index (χ3v) is 3.03. The van der Waals surface area contributed by atoms with Crippen LogP contribution in [0, 0.1) is 18.7 Å². The van der Waals surface area contributed by atoms with E-state index >= 15 is 0 Å². The number of aliphatic hydroxyl groups is 1. The molecule has 0 aliphatic rings. The number of nitrogens with one attached hydrogen (secondary N) is 1. The number of halogens is 1. The van der Waals surface area contributed by atoms with E-state index in [4.69, 9.17) is 0 Å². The number of aryl methyl sites for hydroxylation is 1. The fourth-order valence-electron chi connectivity index (χ4n) is 1.61. The van der Waals surface area contributed by atoms with Gasteiger partial charge in [-0.25, -0.2) is 4.39 Å². The molecule has 96 valence electrons. The maximum Gasteiger partial charge on any atom is 0.126 e. The van der Waals surface area contributed by atoms with E-state index in [0.29, 0.717) is 11.5 Å². The second-order valence-electron chi connectivity index (χ2n) is 5.23. The summed E-state index contributed by atoms with van der Waals surface area (Å²) in [7, 11) is 0. The van der Waals surface area contributed by atoms with Gasteiger partial charge in [0.15, 0.2) is 0 Å². The van der Waals surface area contributed by atoms with Crippen LogP contribution in [0.5, 0.6) is 0 Å². The van der Waals surface area contributed by atoms with Crippen molar-refractivity contribution < 1.29 is 9.50 Å². The lowest BCUT2D eigenvalue weighted by Gasteiger charge is -2.30. The molecule has 0 bridgehead atoms. The molecular weight excluding hydrogens is 217 g/mol. The Labute approximate surface area is 103 Å². The van der Waals surface area contributed by atoms with Crippen LogP contribution in [-0.2, 0) is 5.54 Å². The van der Waals surface area contributed by atoms with E-state index in [1.54, 1.807) is 13.0 Å². The van der Waals surface area contributed by atoms with Crippen molar-refractivity contribution in [1.29, 1.82) is 0 Å². The van der Waals surface area contributed by atoms with Gasteiger partial charge in [0.25, 0.3) is 0 Å². The minimum absolute atomic E-state index is 0.0534. The summed E-state index contributed by atoms with van der Waals surface area (Å²) in [6.45, 7) is 8.55. The topological polar surface area (TPSA) is 32.3 Å². The van der Waals surface area contributed by atoms with E-state index in [1.165, 1.54) is 6.07 Å². The summed E-state index contributed by atoms with van der Waals surface area (Å²) in [4.78, 5) is 0. The van der Waals surface area contributed by atoms with Crippen LogP contribution in [0.2, 0.25) is 0 Å². The molecule has 0 amide bonds. The van der Waals surface area contributed by atoms with Gasteiger partial charge in [0, 0.05) is 0 Å². The van der Waals surface area contributed by atoms with E-state index in [2.05, 4.69) is 19.2 Å². The molecule has 0 radical (unpaired) electrons. The molecule has 0 aliphatic carbocycles. The van der Waals surface area contributed by atoms with E-state index in [9.17, 15) is 9.50 Å².